The molecule has 1 aliphatic rings. The SMILES string of the molecule is Brc1cccn2nc(NCC3CCOCC3)nc12. The van der Waals surface area contributed by atoms with Gasteiger partial charge in [-0.2, -0.15) is 4.98 Å². The van der Waals surface area contributed by atoms with Crippen LogP contribution in [0, 0.1) is 5.92 Å². The van der Waals surface area contributed by atoms with Crippen molar-refractivity contribution in [2.24, 2.45) is 5.92 Å². The number of fused-ring (bicyclic) bond motifs is 1. The summed E-state index contributed by atoms with van der Waals surface area (Å²) in [6, 6.07) is 3.90. The molecule has 2 aromatic heterocycles. The van der Waals surface area contributed by atoms with Gasteiger partial charge >= 0.3 is 0 Å². The Hall–Kier alpha value is -1.14. The van der Waals surface area contributed by atoms with Gasteiger partial charge in [0.25, 0.3) is 0 Å². The van der Waals surface area contributed by atoms with Crippen LogP contribution in [0.25, 0.3) is 5.65 Å². The van der Waals surface area contributed by atoms with Crippen LogP contribution in [0.15, 0.2) is 22.8 Å². The van der Waals surface area contributed by atoms with E-state index in [4.69, 9.17) is 4.74 Å². The van der Waals surface area contributed by atoms with E-state index in [2.05, 4.69) is 31.3 Å². The van der Waals surface area contributed by atoms with Crippen LogP contribution in [0.2, 0.25) is 0 Å². The van der Waals surface area contributed by atoms with E-state index in [1.54, 1.807) is 4.52 Å². The molecule has 0 bridgehead atoms. The highest BCUT2D eigenvalue weighted by Crippen LogP contribution is 2.18. The van der Waals surface area contributed by atoms with E-state index >= 15 is 0 Å². The second-order valence-corrected chi connectivity index (χ2v) is 5.35. The van der Waals surface area contributed by atoms with E-state index in [1.807, 2.05) is 18.3 Å². The minimum absolute atomic E-state index is 0.661. The molecule has 0 unspecified atom stereocenters. The zero-order valence-corrected chi connectivity index (χ0v) is 11.6. The molecular formula is C12H15BrN4O. The highest BCUT2D eigenvalue weighted by atomic mass is 79.9. The first-order valence-electron chi connectivity index (χ1n) is 6.15. The van der Waals surface area contributed by atoms with E-state index in [9.17, 15) is 0 Å². The summed E-state index contributed by atoms with van der Waals surface area (Å²) in [4.78, 5) is 4.46. The van der Waals surface area contributed by atoms with E-state index in [-0.39, 0.29) is 0 Å². The molecule has 1 saturated heterocycles. The van der Waals surface area contributed by atoms with Gasteiger partial charge in [-0.05, 0) is 46.8 Å². The van der Waals surface area contributed by atoms with Crippen LogP contribution < -0.4 is 5.32 Å². The zero-order chi connectivity index (χ0) is 12.4. The third kappa shape index (κ3) is 2.49. The van der Waals surface area contributed by atoms with Gasteiger partial charge in [0.1, 0.15) is 0 Å². The quantitative estimate of drug-likeness (QED) is 0.945. The molecule has 0 amide bonds. The molecule has 3 rings (SSSR count). The van der Waals surface area contributed by atoms with Gasteiger partial charge in [0.05, 0.1) is 4.47 Å². The van der Waals surface area contributed by atoms with Crippen molar-refractivity contribution >= 4 is 27.5 Å². The normalized spacial score (nSPS) is 17.2. The summed E-state index contributed by atoms with van der Waals surface area (Å²) >= 11 is 3.47. The summed E-state index contributed by atoms with van der Waals surface area (Å²) in [5.41, 5.74) is 0.840. The fourth-order valence-corrected chi connectivity index (χ4v) is 2.56. The Bertz CT molecular complexity index is 536. The lowest BCUT2D eigenvalue weighted by Gasteiger charge is -2.21. The molecule has 0 saturated carbocycles. The van der Waals surface area contributed by atoms with E-state index in [0.717, 1.165) is 42.7 Å². The molecule has 5 nitrogen and oxygen atoms in total. The second kappa shape index (κ2) is 5.24. The van der Waals surface area contributed by atoms with Crippen molar-refractivity contribution in [1.82, 2.24) is 14.6 Å². The lowest BCUT2D eigenvalue weighted by atomic mass is 10.0. The van der Waals surface area contributed by atoms with Gasteiger partial charge < -0.3 is 10.1 Å². The smallest absolute Gasteiger partial charge is 0.243 e. The topological polar surface area (TPSA) is 51.5 Å². The number of hydrogen-bond acceptors (Lipinski definition) is 4. The van der Waals surface area contributed by atoms with Crippen molar-refractivity contribution in [1.29, 1.82) is 0 Å². The Morgan fingerprint density at radius 1 is 1.44 bits per heavy atom. The number of hydrogen-bond donors (Lipinski definition) is 1. The summed E-state index contributed by atoms with van der Waals surface area (Å²) in [5.74, 6) is 1.35. The number of ether oxygens (including phenoxy) is 1. The molecule has 1 aliphatic heterocycles. The standard InChI is InChI=1S/C12H15BrN4O/c13-10-2-1-5-17-11(10)15-12(16-17)14-8-9-3-6-18-7-4-9/h1-2,5,9H,3-4,6-8H2,(H,14,16). The van der Waals surface area contributed by atoms with Crippen LogP contribution in [-0.2, 0) is 4.74 Å². The Morgan fingerprint density at radius 2 is 2.28 bits per heavy atom. The number of rotatable bonds is 3. The molecule has 0 atom stereocenters. The van der Waals surface area contributed by atoms with E-state index in [0.29, 0.717) is 11.9 Å². The number of nitrogens with one attached hydrogen (secondary N) is 1. The molecule has 1 fully saturated rings. The van der Waals surface area contributed by atoms with Crippen LogP contribution in [0.5, 0.6) is 0 Å². The molecule has 6 heteroatoms. The van der Waals surface area contributed by atoms with Crippen LogP contribution >= 0.6 is 15.9 Å². The zero-order valence-electron chi connectivity index (χ0n) is 9.97. The Labute approximate surface area is 114 Å². The van der Waals surface area contributed by atoms with Gasteiger partial charge in [-0.15, -0.1) is 5.10 Å². The van der Waals surface area contributed by atoms with Crippen LogP contribution in [-0.4, -0.2) is 34.4 Å². The number of pyridine rings is 1. The minimum atomic E-state index is 0.661. The molecule has 2 aromatic rings. The molecule has 18 heavy (non-hydrogen) atoms. The molecule has 0 aliphatic carbocycles. The van der Waals surface area contributed by atoms with Gasteiger partial charge in [-0.1, -0.05) is 0 Å². The summed E-state index contributed by atoms with van der Waals surface area (Å²) in [7, 11) is 0. The molecule has 1 N–H and O–H groups in total. The highest BCUT2D eigenvalue weighted by molar-refractivity contribution is 9.10. The third-order valence-corrected chi connectivity index (χ3v) is 3.82. The number of aromatic nitrogens is 3. The van der Waals surface area contributed by atoms with E-state index < -0.39 is 0 Å². The Morgan fingerprint density at radius 3 is 3.06 bits per heavy atom. The summed E-state index contributed by atoms with van der Waals surface area (Å²) in [6.07, 6.45) is 4.13. The van der Waals surface area contributed by atoms with Crippen molar-refractivity contribution in [2.45, 2.75) is 12.8 Å². The van der Waals surface area contributed by atoms with Gasteiger partial charge in [0, 0.05) is 26.0 Å². The molecule has 3 heterocycles. The minimum Gasteiger partial charge on any atom is -0.381 e. The fraction of sp³-hybridized carbons (Fsp3) is 0.500. The summed E-state index contributed by atoms with van der Waals surface area (Å²) < 4.78 is 8.08. The fourth-order valence-electron chi connectivity index (χ4n) is 2.13. The maximum Gasteiger partial charge on any atom is 0.243 e. The van der Waals surface area contributed by atoms with Gasteiger partial charge in [0.15, 0.2) is 5.65 Å². The third-order valence-electron chi connectivity index (χ3n) is 3.20. The van der Waals surface area contributed by atoms with Crippen LogP contribution in [0.1, 0.15) is 12.8 Å². The number of nitrogens with zero attached hydrogens (tertiary/aromatic N) is 3. The molecule has 96 valence electrons. The summed E-state index contributed by atoms with van der Waals surface area (Å²) in [5, 5.41) is 7.70. The van der Waals surface area contributed by atoms with Crippen LogP contribution in [0.4, 0.5) is 5.95 Å². The van der Waals surface area contributed by atoms with Gasteiger partial charge in [0.2, 0.25) is 5.95 Å². The second-order valence-electron chi connectivity index (χ2n) is 4.50. The largest absolute Gasteiger partial charge is 0.381 e. The molecule has 0 spiro atoms. The predicted molar refractivity (Wildman–Crippen MR) is 72.7 cm³/mol. The molecule has 0 radical (unpaired) electrons. The first kappa shape index (κ1) is 11.9. The van der Waals surface area contributed by atoms with Crippen molar-refractivity contribution < 1.29 is 4.74 Å². The average Bonchev–Trinajstić information content (AvgIpc) is 2.82. The first-order chi connectivity index (χ1) is 8.83. The average molecular weight is 311 g/mol. The number of anilines is 1. The lowest BCUT2D eigenvalue weighted by Crippen LogP contribution is -2.22. The van der Waals surface area contributed by atoms with Gasteiger partial charge in [-0.25, -0.2) is 4.52 Å². The maximum absolute atomic E-state index is 5.35. The van der Waals surface area contributed by atoms with Crippen molar-refractivity contribution in [3.05, 3.63) is 22.8 Å². The van der Waals surface area contributed by atoms with Crippen LogP contribution in [0.3, 0.4) is 0 Å². The van der Waals surface area contributed by atoms with Crippen molar-refractivity contribution in [2.75, 3.05) is 25.1 Å². The van der Waals surface area contributed by atoms with Crippen molar-refractivity contribution in [3.63, 3.8) is 0 Å². The van der Waals surface area contributed by atoms with Gasteiger partial charge in [-0.3, -0.25) is 0 Å². The molecule has 0 aromatic carbocycles. The number of halogens is 1. The highest BCUT2D eigenvalue weighted by Gasteiger charge is 2.14. The Balaban J connectivity index is 1.69. The van der Waals surface area contributed by atoms with E-state index in [1.165, 1.54) is 0 Å². The van der Waals surface area contributed by atoms with Crippen molar-refractivity contribution in [3.8, 4) is 0 Å². The predicted octanol–water partition coefficient (Wildman–Crippen LogP) is 2.33. The maximum atomic E-state index is 5.35. The lowest BCUT2D eigenvalue weighted by molar-refractivity contribution is 0.0699. The molecular weight excluding hydrogens is 296 g/mol. The monoisotopic (exact) mass is 310 g/mol. The first-order valence-corrected chi connectivity index (χ1v) is 6.95. The Kier molecular flexibility index (Phi) is 3.47. The summed E-state index contributed by atoms with van der Waals surface area (Å²) in [6.45, 7) is 2.66.